The lowest BCUT2D eigenvalue weighted by Gasteiger charge is -2.29. The Morgan fingerprint density at radius 1 is 0.576 bits per heavy atom. The molecule has 348 valence electrons. The van der Waals surface area contributed by atoms with Gasteiger partial charge in [0.15, 0.2) is 0 Å². The predicted molar refractivity (Wildman–Crippen MR) is 251 cm³/mol. The van der Waals surface area contributed by atoms with E-state index in [4.69, 9.17) is 9.05 Å². The first-order valence-electron chi connectivity index (χ1n) is 24.9. The number of phosphoric ester groups is 1. The summed E-state index contributed by atoms with van der Waals surface area (Å²) in [7, 11) is 1.24. The quantitative estimate of drug-likeness (QED) is 0.0273. The van der Waals surface area contributed by atoms with Crippen molar-refractivity contribution in [1.29, 1.82) is 0 Å². The average Bonchev–Trinajstić information content (AvgIpc) is 3.19. The van der Waals surface area contributed by atoms with Gasteiger partial charge in [-0.3, -0.25) is 9.36 Å². The molecule has 0 saturated carbocycles. The Balaban J connectivity index is 4.38. The molecule has 0 radical (unpaired) electrons. The number of quaternary nitrogens is 1. The van der Waals surface area contributed by atoms with Gasteiger partial charge in [-0.1, -0.05) is 198 Å². The van der Waals surface area contributed by atoms with Gasteiger partial charge in [0.25, 0.3) is 7.82 Å². The molecule has 0 aliphatic rings. The van der Waals surface area contributed by atoms with Gasteiger partial charge in [0.2, 0.25) is 5.91 Å². The van der Waals surface area contributed by atoms with Crippen LogP contribution in [0.4, 0.5) is 0 Å². The Morgan fingerprint density at radius 2 is 0.949 bits per heavy atom. The molecule has 0 aromatic rings. The second-order valence-corrected chi connectivity index (χ2v) is 19.6. The number of hydrogen-bond acceptors (Lipinski definition) is 6. The van der Waals surface area contributed by atoms with Gasteiger partial charge in [0, 0.05) is 6.42 Å². The highest BCUT2D eigenvalue weighted by Crippen LogP contribution is 2.38. The minimum atomic E-state index is -4.60. The number of unbranched alkanes of at least 4 members (excludes halogenated alkanes) is 28. The van der Waals surface area contributed by atoms with Crippen LogP contribution >= 0.6 is 7.82 Å². The van der Waals surface area contributed by atoms with Gasteiger partial charge in [0.05, 0.1) is 39.9 Å². The molecule has 0 aliphatic heterocycles. The molecule has 0 saturated heterocycles. The van der Waals surface area contributed by atoms with Gasteiger partial charge in [-0.25, -0.2) is 0 Å². The molecule has 0 fully saturated rings. The number of aliphatic hydroxyl groups excluding tert-OH is 1. The largest absolute Gasteiger partial charge is 0.756 e. The van der Waals surface area contributed by atoms with Gasteiger partial charge in [-0.15, -0.1) is 0 Å². The molecule has 9 heteroatoms. The fourth-order valence-electron chi connectivity index (χ4n) is 7.10. The summed E-state index contributed by atoms with van der Waals surface area (Å²) in [5.41, 5.74) is 0. The molecule has 0 rings (SSSR count). The molecule has 59 heavy (non-hydrogen) atoms. The lowest BCUT2D eigenvalue weighted by atomic mass is 10.0. The van der Waals surface area contributed by atoms with Crippen LogP contribution in [0.1, 0.15) is 226 Å². The van der Waals surface area contributed by atoms with Crippen LogP contribution in [0, 0.1) is 0 Å². The van der Waals surface area contributed by atoms with E-state index in [1.807, 2.05) is 27.2 Å². The van der Waals surface area contributed by atoms with Crippen molar-refractivity contribution < 1.29 is 32.9 Å². The summed E-state index contributed by atoms with van der Waals surface area (Å²) in [5, 5.41) is 13.8. The van der Waals surface area contributed by atoms with E-state index in [9.17, 15) is 19.4 Å². The SMILES string of the molecule is CCCCCCCC/C=C\CCCCCCCCCCCC(=O)NC(COP(=O)([O-])OCC[N+](C)(C)C)C(O)/C=C/CC/C=C/CCCCCCCCCCCCCC. The molecule has 0 heterocycles. The maximum Gasteiger partial charge on any atom is 0.268 e. The summed E-state index contributed by atoms with van der Waals surface area (Å²) in [5.74, 6) is -0.209. The number of carbonyl (C=O) groups is 1. The number of aliphatic hydroxyl groups is 1. The molecular formula is C50H97N2O6P. The molecule has 2 N–H and O–H groups in total. The standard InChI is InChI=1S/C50H97N2O6P/c1-6-8-10-12-14-16-18-20-22-24-26-28-30-32-34-36-38-40-42-44-50(54)51-48(47-58-59(55,56)57-46-45-52(3,4)5)49(53)43-41-39-37-35-33-31-29-27-25-23-21-19-17-15-13-11-9-7-2/h20,22,33,35,41,43,48-49,53H,6-19,21,23-32,34,36-40,42,44-47H2,1-5H3,(H-,51,54,55,56)/b22-20-,35-33+,43-41+. The van der Waals surface area contributed by atoms with Crippen molar-refractivity contribution in [2.24, 2.45) is 0 Å². The van der Waals surface area contributed by atoms with Crippen LogP contribution in [0.5, 0.6) is 0 Å². The van der Waals surface area contributed by atoms with Gasteiger partial charge in [-0.05, 0) is 57.8 Å². The summed E-state index contributed by atoms with van der Waals surface area (Å²) >= 11 is 0. The number of nitrogens with zero attached hydrogens (tertiary/aromatic N) is 1. The van der Waals surface area contributed by atoms with Crippen molar-refractivity contribution in [3.05, 3.63) is 36.5 Å². The molecule has 0 bridgehead atoms. The van der Waals surface area contributed by atoms with Crippen molar-refractivity contribution >= 4 is 13.7 Å². The minimum Gasteiger partial charge on any atom is -0.756 e. The Morgan fingerprint density at radius 3 is 1.37 bits per heavy atom. The molecule has 3 unspecified atom stereocenters. The first kappa shape index (κ1) is 57.7. The Bertz CT molecular complexity index is 1060. The fraction of sp³-hybridized carbons (Fsp3) is 0.860. The van der Waals surface area contributed by atoms with E-state index in [0.717, 1.165) is 38.5 Å². The van der Waals surface area contributed by atoms with E-state index in [2.05, 4.69) is 43.5 Å². The van der Waals surface area contributed by atoms with Crippen LogP contribution in [0.15, 0.2) is 36.5 Å². The van der Waals surface area contributed by atoms with E-state index in [1.54, 1.807) is 6.08 Å². The second kappa shape index (κ2) is 42.0. The highest BCUT2D eigenvalue weighted by molar-refractivity contribution is 7.45. The van der Waals surface area contributed by atoms with Crippen molar-refractivity contribution in [3.8, 4) is 0 Å². The lowest BCUT2D eigenvalue weighted by Crippen LogP contribution is -2.45. The molecule has 0 spiro atoms. The van der Waals surface area contributed by atoms with Gasteiger partial charge in [-0.2, -0.15) is 0 Å². The summed E-state index contributed by atoms with van der Waals surface area (Å²) in [6.45, 7) is 4.63. The number of allylic oxidation sites excluding steroid dienone is 5. The Hall–Kier alpha value is -1.28. The van der Waals surface area contributed by atoms with Crippen LogP contribution in [0.25, 0.3) is 0 Å². The summed E-state index contributed by atoms with van der Waals surface area (Å²) in [6.07, 6.45) is 52.0. The highest BCUT2D eigenvalue weighted by atomic mass is 31.2. The number of rotatable bonds is 45. The van der Waals surface area contributed by atoms with Crippen LogP contribution in [0.2, 0.25) is 0 Å². The number of nitrogens with one attached hydrogen (secondary N) is 1. The molecular weight excluding hydrogens is 756 g/mol. The summed E-state index contributed by atoms with van der Waals surface area (Å²) in [6, 6.07) is -0.903. The number of carbonyl (C=O) groups excluding carboxylic acids is 1. The number of phosphoric acid groups is 1. The maximum absolute atomic E-state index is 12.9. The zero-order valence-electron chi connectivity index (χ0n) is 39.5. The van der Waals surface area contributed by atoms with Crippen molar-refractivity contribution in [2.75, 3.05) is 40.9 Å². The molecule has 3 atom stereocenters. The number of amides is 1. The Kier molecular flexibility index (Phi) is 41.1. The molecule has 8 nitrogen and oxygen atoms in total. The fourth-order valence-corrected chi connectivity index (χ4v) is 7.83. The summed E-state index contributed by atoms with van der Waals surface area (Å²) in [4.78, 5) is 25.4. The van der Waals surface area contributed by atoms with Crippen LogP contribution in [-0.2, 0) is 18.4 Å². The minimum absolute atomic E-state index is 0.00636. The van der Waals surface area contributed by atoms with E-state index >= 15 is 0 Å². The van der Waals surface area contributed by atoms with Crippen molar-refractivity contribution in [1.82, 2.24) is 5.32 Å². The van der Waals surface area contributed by atoms with E-state index in [0.29, 0.717) is 17.4 Å². The van der Waals surface area contributed by atoms with Crippen molar-refractivity contribution in [3.63, 3.8) is 0 Å². The maximum atomic E-state index is 12.9. The van der Waals surface area contributed by atoms with Crippen LogP contribution < -0.4 is 10.2 Å². The molecule has 1 amide bonds. The van der Waals surface area contributed by atoms with Gasteiger partial charge < -0.3 is 28.8 Å². The second-order valence-electron chi connectivity index (χ2n) is 18.2. The van der Waals surface area contributed by atoms with E-state index in [-0.39, 0.29) is 12.5 Å². The monoisotopic (exact) mass is 853 g/mol. The van der Waals surface area contributed by atoms with Crippen LogP contribution in [0.3, 0.4) is 0 Å². The zero-order valence-corrected chi connectivity index (χ0v) is 40.4. The third kappa shape index (κ3) is 44.6. The highest BCUT2D eigenvalue weighted by Gasteiger charge is 2.23. The third-order valence-corrected chi connectivity index (χ3v) is 12.0. The topological polar surface area (TPSA) is 108 Å². The van der Waals surface area contributed by atoms with Gasteiger partial charge >= 0.3 is 0 Å². The molecule has 0 aromatic heterocycles. The van der Waals surface area contributed by atoms with E-state index in [1.165, 1.54) is 167 Å². The van der Waals surface area contributed by atoms with Gasteiger partial charge in [0.1, 0.15) is 13.2 Å². The zero-order chi connectivity index (χ0) is 43.6. The lowest BCUT2D eigenvalue weighted by molar-refractivity contribution is -0.870. The Labute approximate surface area is 366 Å². The first-order chi connectivity index (χ1) is 28.5. The number of likely N-dealkylation sites (N-methyl/N-ethyl adjacent to an activating group) is 1. The van der Waals surface area contributed by atoms with E-state index < -0.39 is 26.6 Å². The van der Waals surface area contributed by atoms with Crippen molar-refractivity contribution in [2.45, 2.75) is 238 Å². The third-order valence-electron chi connectivity index (χ3n) is 11.1. The molecule has 0 aliphatic carbocycles. The average molecular weight is 853 g/mol. The molecule has 0 aromatic carbocycles. The number of hydrogen-bond donors (Lipinski definition) is 2. The normalized spacial score (nSPS) is 14.5. The first-order valence-corrected chi connectivity index (χ1v) is 26.3. The predicted octanol–water partition coefficient (Wildman–Crippen LogP) is 13.6. The van der Waals surface area contributed by atoms with Crippen LogP contribution in [-0.4, -0.2) is 68.5 Å². The summed E-state index contributed by atoms with van der Waals surface area (Å²) < 4.78 is 23.2. The smallest absolute Gasteiger partial charge is 0.268 e.